The Morgan fingerprint density at radius 2 is 2.11 bits per heavy atom. The highest BCUT2D eigenvalue weighted by molar-refractivity contribution is 5.31. The first-order valence-corrected chi connectivity index (χ1v) is 6.48. The van der Waals surface area contributed by atoms with Crippen LogP contribution in [0.25, 0.3) is 0 Å². The van der Waals surface area contributed by atoms with Crippen LogP contribution in [0.2, 0.25) is 0 Å². The minimum Gasteiger partial charge on any atom is -0.364 e. The van der Waals surface area contributed by atoms with Gasteiger partial charge < -0.3 is 14.8 Å². The van der Waals surface area contributed by atoms with Crippen LogP contribution in [-0.2, 0) is 7.05 Å². The molecule has 1 aliphatic carbocycles. The largest absolute Gasteiger partial charge is 0.364 e. The Kier molecular flexibility index (Phi) is 3.71. The van der Waals surface area contributed by atoms with Crippen molar-refractivity contribution in [3.05, 3.63) is 22.7 Å². The minimum absolute atomic E-state index is 0.0654. The Hall–Kier alpha value is -1.36. The second kappa shape index (κ2) is 5.10. The number of nitrogens with one attached hydrogen (secondary N) is 1. The molecule has 1 fully saturated rings. The molecule has 0 bridgehead atoms. The van der Waals surface area contributed by atoms with E-state index in [-0.39, 0.29) is 11.1 Å². The highest BCUT2D eigenvalue weighted by Gasteiger charge is 2.35. The molecule has 0 spiro atoms. The summed E-state index contributed by atoms with van der Waals surface area (Å²) in [5.41, 5.74) is 0.104. The molecule has 0 radical (unpaired) electrons. The van der Waals surface area contributed by atoms with Gasteiger partial charge in [-0.3, -0.25) is 4.79 Å². The first-order valence-electron chi connectivity index (χ1n) is 6.48. The summed E-state index contributed by atoms with van der Waals surface area (Å²) in [6.07, 6.45) is 8.21. The summed E-state index contributed by atoms with van der Waals surface area (Å²) >= 11 is 0. The highest BCUT2D eigenvalue weighted by atomic mass is 16.1. The van der Waals surface area contributed by atoms with Crippen molar-refractivity contribution >= 4 is 5.82 Å². The van der Waals surface area contributed by atoms with Crippen LogP contribution >= 0.6 is 0 Å². The van der Waals surface area contributed by atoms with Crippen molar-refractivity contribution in [2.24, 2.45) is 7.05 Å². The fraction of sp³-hybridized carbons (Fsp3) is 0.692. The Balaban J connectivity index is 2.11. The molecule has 1 aromatic heterocycles. The molecule has 1 N–H and O–H groups in total. The van der Waals surface area contributed by atoms with E-state index in [4.69, 9.17) is 0 Å². The van der Waals surface area contributed by atoms with E-state index >= 15 is 0 Å². The monoisotopic (exact) mass is 250 g/mol. The lowest BCUT2D eigenvalue weighted by Gasteiger charge is -2.36. The molecule has 0 aromatic carbocycles. The van der Waals surface area contributed by atoms with Gasteiger partial charge in [0, 0.05) is 31.5 Å². The van der Waals surface area contributed by atoms with E-state index in [1.807, 2.05) is 0 Å². The van der Waals surface area contributed by atoms with Gasteiger partial charge in [0.05, 0.1) is 0 Å². The lowest BCUT2D eigenvalue weighted by atomic mass is 9.96. The number of hydrogen-bond acceptors (Lipinski definition) is 4. The molecule has 0 amide bonds. The predicted molar refractivity (Wildman–Crippen MR) is 72.9 cm³/mol. The van der Waals surface area contributed by atoms with Gasteiger partial charge in [0.15, 0.2) is 5.82 Å². The van der Waals surface area contributed by atoms with Crippen molar-refractivity contribution in [3.8, 4) is 0 Å². The zero-order chi connectivity index (χ0) is 13.2. The van der Waals surface area contributed by atoms with E-state index in [0.29, 0.717) is 5.82 Å². The molecule has 0 aliphatic heterocycles. The molecule has 0 saturated heterocycles. The molecule has 1 aromatic rings. The Morgan fingerprint density at radius 1 is 1.44 bits per heavy atom. The van der Waals surface area contributed by atoms with Gasteiger partial charge >= 0.3 is 0 Å². The van der Waals surface area contributed by atoms with Crippen LogP contribution in [-0.4, -0.2) is 40.6 Å². The Morgan fingerprint density at radius 3 is 2.72 bits per heavy atom. The molecular formula is C13H22N4O. The average Bonchev–Trinajstić information content (AvgIpc) is 2.81. The van der Waals surface area contributed by atoms with E-state index in [9.17, 15) is 4.79 Å². The summed E-state index contributed by atoms with van der Waals surface area (Å²) in [5.74, 6) is 0.452. The molecule has 1 saturated carbocycles. The third kappa shape index (κ3) is 2.41. The zero-order valence-corrected chi connectivity index (χ0v) is 11.4. The number of aryl methyl sites for hydroxylation is 1. The van der Waals surface area contributed by atoms with E-state index in [1.54, 1.807) is 24.0 Å². The molecule has 100 valence electrons. The fourth-order valence-corrected chi connectivity index (χ4v) is 2.68. The van der Waals surface area contributed by atoms with Gasteiger partial charge in [-0.2, -0.15) is 0 Å². The molecule has 0 atom stereocenters. The summed E-state index contributed by atoms with van der Waals surface area (Å²) in [6, 6.07) is 0. The third-order valence-electron chi connectivity index (χ3n) is 4.08. The molecule has 1 heterocycles. The second-order valence-electron chi connectivity index (χ2n) is 5.37. The van der Waals surface area contributed by atoms with Crippen molar-refractivity contribution in [2.45, 2.75) is 31.2 Å². The molecule has 0 unspecified atom stereocenters. The SMILES string of the molecule is CN(C)C1(CNc2nccn(C)c2=O)CCCC1. The maximum absolute atomic E-state index is 11.9. The van der Waals surface area contributed by atoms with Gasteiger partial charge in [-0.15, -0.1) is 0 Å². The van der Waals surface area contributed by atoms with Gasteiger partial charge in [0.2, 0.25) is 0 Å². The lowest BCUT2D eigenvalue weighted by Crippen LogP contribution is -2.48. The lowest BCUT2D eigenvalue weighted by molar-refractivity contribution is 0.172. The molecule has 5 heteroatoms. The summed E-state index contributed by atoms with van der Waals surface area (Å²) in [7, 11) is 5.97. The first-order chi connectivity index (χ1) is 8.55. The van der Waals surface area contributed by atoms with Gasteiger partial charge in [0.25, 0.3) is 5.56 Å². The van der Waals surface area contributed by atoms with Gasteiger partial charge in [-0.05, 0) is 26.9 Å². The number of aromatic nitrogens is 2. The van der Waals surface area contributed by atoms with Gasteiger partial charge in [-0.1, -0.05) is 12.8 Å². The maximum Gasteiger partial charge on any atom is 0.293 e. The summed E-state index contributed by atoms with van der Waals surface area (Å²) < 4.78 is 1.55. The van der Waals surface area contributed by atoms with Crippen LogP contribution in [0, 0.1) is 0 Å². The van der Waals surface area contributed by atoms with E-state index in [2.05, 4.69) is 29.3 Å². The van der Waals surface area contributed by atoms with Crippen molar-refractivity contribution in [3.63, 3.8) is 0 Å². The first kappa shape index (κ1) is 13.1. The van der Waals surface area contributed by atoms with Crippen LogP contribution in [0.4, 0.5) is 5.82 Å². The standard InChI is InChI=1S/C13H22N4O/c1-16(2)13(6-4-5-7-13)10-15-11-12(18)17(3)9-8-14-11/h8-9H,4-7,10H2,1-3H3,(H,14,15). The number of hydrogen-bond donors (Lipinski definition) is 1. The van der Waals surface area contributed by atoms with Crippen LogP contribution in [0.5, 0.6) is 0 Å². The van der Waals surface area contributed by atoms with Gasteiger partial charge in [-0.25, -0.2) is 4.98 Å². The summed E-state index contributed by atoms with van der Waals surface area (Å²) in [4.78, 5) is 18.3. The van der Waals surface area contributed by atoms with Gasteiger partial charge in [0.1, 0.15) is 0 Å². The van der Waals surface area contributed by atoms with Crippen LogP contribution in [0.15, 0.2) is 17.2 Å². The number of rotatable bonds is 4. The normalized spacial score (nSPS) is 18.2. The molecule has 5 nitrogen and oxygen atoms in total. The maximum atomic E-state index is 11.9. The Bertz CT molecular complexity index is 460. The second-order valence-corrected chi connectivity index (χ2v) is 5.37. The van der Waals surface area contributed by atoms with Crippen molar-refractivity contribution < 1.29 is 0 Å². The number of nitrogens with zero attached hydrogens (tertiary/aromatic N) is 3. The van der Waals surface area contributed by atoms with Crippen molar-refractivity contribution in [2.75, 3.05) is 26.0 Å². The third-order valence-corrected chi connectivity index (χ3v) is 4.08. The Labute approximate surface area is 108 Å². The quantitative estimate of drug-likeness (QED) is 0.868. The zero-order valence-electron chi connectivity index (χ0n) is 11.4. The smallest absolute Gasteiger partial charge is 0.293 e. The summed E-state index contributed by atoms with van der Waals surface area (Å²) in [6.45, 7) is 0.784. The number of likely N-dealkylation sites (N-methyl/N-ethyl adjacent to an activating group) is 1. The topological polar surface area (TPSA) is 50.2 Å². The molecule has 1 aliphatic rings. The molecule has 2 rings (SSSR count). The van der Waals surface area contributed by atoms with Crippen LogP contribution < -0.4 is 10.9 Å². The minimum atomic E-state index is -0.0654. The summed E-state index contributed by atoms with van der Waals surface area (Å²) in [5, 5.41) is 3.23. The van der Waals surface area contributed by atoms with Crippen LogP contribution in [0.1, 0.15) is 25.7 Å². The van der Waals surface area contributed by atoms with Crippen molar-refractivity contribution in [1.29, 1.82) is 0 Å². The van der Waals surface area contributed by atoms with Crippen LogP contribution in [0.3, 0.4) is 0 Å². The molecular weight excluding hydrogens is 228 g/mol. The van der Waals surface area contributed by atoms with E-state index < -0.39 is 0 Å². The highest BCUT2D eigenvalue weighted by Crippen LogP contribution is 2.33. The molecule has 18 heavy (non-hydrogen) atoms. The average molecular weight is 250 g/mol. The predicted octanol–water partition coefficient (Wildman–Crippen LogP) is 1.07. The van der Waals surface area contributed by atoms with Crippen molar-refractivity contribution in [1.82, 2.24) is 14.5 Å². The van der Waals surface area contributed by atoms with E-state index in [0.717, 1.165) is 6.54 Å². The van der Waals surface area contributed by atoms with E-state index in [1.165, 1.54) is 25.7 Å². The fourth-order valence-electron chi connectivity index (χ4n) is 2.68. The number of anilines is 1.